The molecule has 2 aliphatic heterocycles. The van der Waals surface area contributed by atoms with Crippen molar-refractivity contribution in [2.45, 2.75) is 32.1 Å². The maximum absolute atomic E-state index is 11.9. The second-order valence-electron chi connectivity index (χ2n) is 5.35. The SMILES string of the molecule is CC(NC(=O)[C@@H]1O[C@H]1C)c1cccc(N2CCOC2=O)c1. The van der Waals surface area contributed by atoms with E-state index in [4.69, 9.17) is 9.47 Å². The summed E-state index contributed by atoms with van der Waals surface area (Å²) in [6.45, 7) is 4.74. The summed E-state index contributed by atoms with van der Waals surface area (Å²) in [5.74, 6) is -0.0963. The zero-order chi connectivity index (χ0) is 15.0. The van der Waals surface area contributed by atoms with Crippen LogP contribution in [0.15, 0.2) is 24.3 Å². The van der Waals surface area contributed by atoms with Crippen LogP contribution in [0.4, 0.5) is 10.5 Å². The average Bonchev–Trinajstić information content (AvgIpc) is 3.05. The standard InChI is InChI=1S/C15H18N2O4/c1-9(16-14(18)13-10(2)21-13)11-4-3-5-12(8-11)17-6-7-20-15(17)19/h3-5,8-10,13H,6-7H2,1-2H3,(H,16,18)/t9?,10-,13+/m0/s1. The number of carbonyl (C=O) groups excluding carboxylic acids is 2. The smallest absolute Gasteiger partial charge is 0.414 e. The summed E-state index contributed by atoms with van der Waals surface area (Å²) in [6, 6.07) is 7.40. The van der Waals surface area contributed by atoms with E-state index in [0.717, 1.165) is 11.3 Å². The van der Waals surface area contributed by atoms with Gasteiger partial charge in [0.05, 0.1) is 18.7 Å². The Morgan fingerprint density at radius 3 is 2.86 bits per heavy atom. The number of cyclic esters (lactones) is 1. The van der Waals surface area contributed by atoms with Gasteiger partial charge < -0.3 is 14.8 Å². The fraction of sp³-hybridized carbons (Fsp3) is 0.467. The summed E-state index contributed by atoms with van der Waals surface area (Å²) in [7, 11) is 0. The Morgan fingerprint density at radius 2 is 2.24 bits per heavy atom. The number of hydrogen-bond acceptors (Lipinski definition) is 4. The molecule has 6 heteroatoms. The Hall–Kier alpha value is -2.08. The van der Waals surface area contributed by atoms with E-state index in [1.165, 1.54) is 0 Å². The number of hydrogen-bond donors (Lipinski definition) is 1. The van der Waals surface area contributed by atoms with Crippen LogP contribution >= 0.6 is 0 Å². The van der Waals surface area contributed by atoms with Gasteiger partial charge in [0.15, 0.2) is 6.10 Å². The van der Waals surface area contributed by atoms with Gasteiger partial charge >= 0.3 is 6.09 Å². The van der Waals surface area contributed by atoms with Gasteiger partial charge in [-0.2, -0.15) is 0 Å². The first-order chi connectivity index (χ1) is 10.1. The first kappa shape index (κ1) is 13.9. The molecule has 21 heavy (non-hydrogen) atoms. The molecule has 2 saturated heterocycles. The van der Waals surface area contributed by atoms with Crippen LogP contribution in [0, 0.1) is 0 Å². The summed E-state index contributed by atoms with van der Waals surface area (Å²) >= 11 is 0. The lowest BCUT2D eigenvalue weighted by atomic mass is 10.1. The second-order valence-corrected chi connectivity index (χ2v) is 5.35. The van der Waals surface area contributed by atoms with E-state index < -0.39 is 0 Å². The van der Waals surface area contributed by atoms with Gasteiger partial charge in [0.2, 0.25) is 0 Å². The predicted octanol–water partition coefficient (Wildman–Crippen LogP) is 1.61. The van der Waals surface area contributed by atoms with Crippen molar-refractivity contribution in [3.8, 4) is 0 Å². The van der Waals surface area contributed by atoms with Gasteiger partial charge in [-0.15, -0.1) is 0 Å². The predicted molar refractivity (Wildman–Crippen MR) is 76.0 cm³/mol. The van der Waals surface area contributed by atoms with Crippen LogP contribution in [0.1, 0.15) is 25.5 Å². The minimum Gasteiger partial charge on any atom is -0.447 e. The highest BCUT2D eigenvalue weighted by atomic mass is 16.6. The lowest BCUT2D eigenvalue weighted by molar-refractivity contribution is -0.122. The number of ether oxygens (including phenoxy) is 2. The van der Waals surface area contributed by atoms with E-state index in [0.29, 0.717) is 13.2 Å². The van der Waals surface area contributed by atoms with Crippen LogP contribution in [-0.2, 0) is 14.3 Å². The van der Waals surface area contributed by atoms with Crippen LogP contribution in [0.25, 0.3) is 0 Å². The van der Waals surface area contributed by atoms with E-state index in [9.17, 15) is 9.59 Å². The van der Waals surface area contributed by atoms with Gasteiger partial charge in [-0.05, 0) is 31.5 Å². The van der Waals surface area contributed by atoms with E-state index in [-0.39, 0.29) is 30.3 Å². The number of carbonyl (C=O) groups is 2. The molecule has 0 bridgehead atoms. The molecule has 1 N–H and O–H groups in total. The molecule has 2 amide bonds. The maximum Gasteiger partial charge on any atom is 0.414 e. The van der Waals surface area contributed by atoms with Crippen LogP contribution in [0.2, 0.25) is 0 Å². The number of nitrogens with zero attached hydrogens (tertiary/aromatic N) is 1. The van der Waals surface area contributed by atoms with Crippen LogP contribution in [-0.4, -0.2) is 37.4 Å². The van der Waals surface area contributed by atoms with Crippen molar-refractivity contribution < 1.29 is 19.1 Å². The Morgan fingerprint density at radius 1 is 1.48 bits per heavy atom. The summed E-state index contributed by atoms with van der Waals surface area (Å²) in [6.07, 6.45) is -0.656. The third-order valence-electron chi connectivity index (χ3n) is 3.77. The van der Waals surface area contributed by atoms with Crippen molar-refractivity contribution in [1.29, 1.82) is 0 Å². The minimum atomic E-state index is -0.330. The summed E-state index contributed by atoms with van der Waals surface area (Å²) in [5, 5.41) is 2.92. The molecule has 6 nitrogen and oxygen atoms in total. The van der Waals surface area contributed by atoms with Crippen LogP contribution in [0.5, 0.6) is 0 Å². The highest BCUT2D eigenvalue weighted by molar-refractivity contribution is 5.89. The van der Waals surface area contributed by atoms with Gasteiger partial charge in [-0.25, -0.2) is 4.79 Å². The highest BCUT2D eigenvalue weighted by Gasteiger charge is 2.41. The molecular formula is C15H18N2O4. The molecule has 1 unspecified atom stereocenters. The third kappa shape index (κ3) is 2.85. The number of epoxide rings is 1. The van der Waals surface area contributed by atoms with Crippen LogP contribution in [0.3, 0.4) is 0 Å². The lowest BCUT2D eigenvalue weighted by Crippen LogP contribution is -2.31. The molecule has 0 aromatic heterocycles. The molecule has 0 radical (unpaired) electrons. The number of rotatable bonds is 4. The molecule has 2 heterocycles. The van der Waals surface area contributed by atoms with Gasteiger partial charge in [0, 0.05) is 5.69 Å². The quantitative estimate of drug-likeness (QED) is 0.855. The Kier molecular flexibility index (Phi) is 3.55. The van der Waals surface area contributed by atoms with Crippen molar-refractivity contribution in [3.63, 3.8) is 0 Å². The van der Waals surface area contributed by atoms with E-state index in [1.54, 1.807) is 4.90 Å². The maximum atomic E-state index is 11.9. The fourth-order valence-corrected chi connectivity index (χ4v) is 2.43. The van der Waals surface area contributed by atoms with Crippen molar-refractivity contribution >= 4 is 17.7 Å². The molecule has 3 atom stereocenters. The van der Waals surface area contributed by atoms with Gasteiger partial charge in [-0.1, -0.05) is 12.1 Å². The van der Waals surface area contributed by atoms with Gasteiger partial charge in [0.1, 0.15) is 6.61 Å². The van der Waals surface area contributed by atoms with E-state index in [2.05, 4.69) is 5.32 Å². The Balaban J connectivity index is 1.70. The molecule has 0 spiro atoms. The summed E-state index contributed by atoms with van der Waals surface area (Å²) in [5.41, 5.74) is 1.72. The highest BCUT2D eigenvalue weighted by Crippen LogP contribution is 2.25. The molecule has 0 aliphatic carbocycles. The third-order valence-corrected chi connectivity index (χ3v) is 3.77. The molecular weight excluding hydrogens is 272 g/mol. The molecule has 2 fully saturated rings. The van der Waals surface area contributed by atoms with Gasteiger partial charge in [-0.3, -0.25) is 9.69 Å². The van der Waals surface area contributed by atoms with E-state index in [1.807, 2.05) is 38.1 Å². The number of nitrogens with one attached hydrogen (secondary N) is 1. The fourth-order valence-electron chi connectivity index (χ4n) is 2.43. The topological polar surface area (TPSA) is 71.2 Å². The first-order valence-electron chi connectivity index (χ1n) is 7.06. The zero-order valence-corrected chi connectivity index (χ0v) is 12.0. The van der Waals surface area contributed by atoms with E-state index >= 15 is 0 Å². The van der Waals surface area contributed by atoms with Crippen LogP contribution < -0.4 is 10.2 Å². The number of amides is 2. The number of benzene rings is 1. The Labute approximate surface area is 123 Å². The molecule has 3 rings (SSSR count). The summed E-state index contributed by atoms with van der Waals surface area (Å²) < 4.78 is 10.1. The molecule has 1 aromatic rings. The second kappa shape index (κ2) is 5.37. The summed E-state index contributed by atoms with van der Waals surface area (Å²) in [4.78, 5) is 25.0. The Bertz CT molecular complexity index is 575. The molecule has 2 aliphatic rings. The molecule has 0 saturated carbocycles. The number of anilines is 1. The normalized spacial score (nSPS) is 25.4. The largest absolute Gasteiger partial charge is 0.447 e. The van der Waals surface area contributed by atoms with Gasteiger partial charge in [0.25, 0.3) is 5.91 Å². The van der Waals surface area contributed by atoms with Crippen molar-refractivity contribution in [2.24, 2.45) is 0 Å². The first-order valence-corrected chi connectivity index (χ1v) is 7.06. The lowest BCUT2D eigenvalue weighted by Gasteiger charge is -2.17. The van der Waals surface area contributed by atoms with Crippen molar-refractivity contribution in [1.82, 2.24) is 5.32 Å². The molecule has 112 valence electrons. The van der Waals surface area contributed by atoms with Crippen molar-refractivity contribution in [3.05, 3.63) is 29.8 Å². The molecule has 1 aromatic carbocycles. The van der Waals surface area contributed by atoms with Crippen molar-refractivity contribution in [2.75, 3.05) is 18.1 Å². The average molecular weight is 290 g/mol. The monoisotopic (exact) mass is 290 g/mol. The minimum absolute atomic E-state index is 0.00269. The zero-order valence-electron chi connectivity index (χ0n) is 12.0.